The summed E-state index contributed by atoms with van der Waals surface area (Å²) in [7, 11) is 0. The van der Waals surface area contributed by atoms with E-state index in [1.807, 2.05) is 20.8 Å². The highest BCUT2D eigenvalue weighted by Gasteiger charge is 2.32. The third kappa shape index (κ3) is 3.16. The SMILES string of the molecule is Cc1nc(C)c2c(C)c(C(=O)NC[C@@H]3CN4CCC[C@H]4CO3)sc2n1. The molecule has 2 fully saturated rings. The molecule has 2 aromatic heterocycles. The maximum atomic E-state index is 12.7. The second-order valence-corrected chi connectivity index (χ2v) is 8.05. The first-order valence-electron chi connectivity index (χ1n) is 8.91. The largest absolute Gasteiger partial charge is 0.373 e. The number of nitrogens with one attached hydrogen (secondary N) is 1. The number of ether oxygens (including phenoxy) is 1. The van der Waals surface area contributed by atoms with E-state index in [-0.39, 0.29) is 12.0 Å². The standard InChI is InChI=1S/C18H24N4O2S/c1-10-15-11(2)20-12(3)21-18(15)25-16(10)17(23)19-7-14-8-22-6-4-5-13(22)9-24-14/h13-14H,4-9H2,1-3H3,(H,19,23)/t13-,14+/m0/s1. The van der Waals surface area contributed by atoms with Gasteiger partial charge in [0.1, 0.15) is 10.7 Å². The molecule has 25 heavy (non-hydrogen) atoms. The smallest absolute Gasteiger partial charge is 0.261 e. The van der Waals surface area contributed by atoms with Gasteiger partial charge in [-0.1, -0.05) is 0 Å². The van der Waals surface area contributed by atoms with Crippen LogP contribution in [0, 0.1) is 20.8 Å². The molecule has 1 amide bonds. The van der Waals surface area contributed by atoms with Crippen LogP contribution in [-0.4, -0.2) is 59.2 Å². The molecule has 0 aromatic carbocycles. The second-order valence-electron chi connectivity index (χ2n) is 7.05. The fourth-order valence-electron chi connectivity index (χ4n) is 3.99. The zero-order valence-electron chi connectivity index (χ0n) is 15.0. The Morgan fingerprint density at radius 1 is 1.36 bits per heavy atom. The molecule has 134 valence electrons. The lowest BCUT2D eigenvalue weighted by Crippen LogP contribution is -2.50. The average molecular weight is 360 g/mol. The molecule has 0 aliphatic carbocycles. The summed E-state index contributed by atoms with van der Waals surface area (Å²) in [5, 5.41) is 4.06. The van der Waals surface area contributed by atoms with E-state index in [1.165, 1.54) is 24.2 Å². The Kier molecular flexibility index (Phi) is 4.47. The van der Waals surface area contributed by atoms with Crippen LogP contribution in [0.2, 0.25) is 0 Å². The van der Waals surface area contributed by atoms with Crippen molar-refractivity contribution in [2.45, 2.75) is 45.8 Å². The van der Waals surface area contributed by atoms with E-state index in [0.29, 0.717) is 12.6 Å². The molecule has 4 rings (SSSR count). The Morgan fingerprint density at radius 2 is 2.20 bits per heavy atom. The molecule has 2 atom stereocenters. The van der Waals surface area contributed by atoms with Gasteiger partial charge in [0.05, 0.1) is 17.6 Å². The minimum Gasteiger partial charge on any atom is -0.373 e. The third-order valence-electron chi connectivity index (χ3n) is 5.24. The molecule has 0 radical (unpaired) electrons. The van der Waals surface area contributed by atoms with Gasteiger partial charge < -0.3 is 10.1 Å². The van der Waals surface area contributed by atoms with Gasteiger partial charge in [0, 0.05) is 30.2 Å². The minimum absolute atomic E-state index is 0.0373. The summed E-state index contributed by atoms with van der Waals surface area (Å²) in [4.78, 5) is 25.7. The monoisotopic (exact) mass is 360 g/mol. The Morgan fingerprint density at radius 3 is 3.04 bits per heavy atom. The van der Waals surface area contributed by atoms with Crippen molar-refractivity contribution in [2.75, 3.05) is 26.2 Å². The van der Waals surface area contributed by atoms with Gasteiger partial charge in [0.25, 0.3) is 5.91 Å². The number of amides is 1. The summed E-state index contributed by atoms with van der Waals surface area (Å²) in [6, 6.07) is 0.585. The summed E-state index contributed by atoms with van der Waals surface area (Å²) in [6.45, 7) is 9.25. The van der Waals surface area contributed by atoms with Gasteiger partial charge in [-0.2, -0.15) is 0 Å². The van der Waals surface area contributed by atoms with Gasteiger partial charge in [-0.3, -0.25) is 9.69 Å². The highest BCUT2D eigenvalue weighted by molar-refractivity contribution is 7.20. The maximum Gasteiger partial charge on any atom is 0.261 e. The van der Waals surface area contributed by atoms with Crippen molar-refractivity contribution in [3.05, 3.63) is 22.0 Å². The van der Waals surface area contributed by atoms with Crippen molar-refractivity contribution in [1.82, 2.24) is 20.2 Å². The predicted octanol–water partition coefficient (Wildman–Crippen LogP) is 2.21. The number of thiophene rings is 1. The van der Waals surface area contributed by atoms with Crippen molar-refractivity contribution in [3.63, 3.8) is 0 Å². The van der Waals surface area contributed by atoms with Gasteiger partial charge in [-0.25, -0.2) is 9.97 Å². The molecule has 2 saturated heterocycles. The van der Waals surface area contributed by atoms with Crippen LogP contribution in [0.4, 0.5) is 0 Å². The lowest BCUT2D eigenvalue weighted by atomic mass is 10.1. The van der Waals surface area contributed by atoms with Crippen LogP contribution in [0.3, 0.4) is 0 Å². The number of aryl methyl sites for hydroxylation is 3. The molecule has 0 spiro atoms. The summed E-state index contributed by atoms with van der Waals surface area (Å²) in [5.41, 5.74) is 1.91. The summed E-state index contributed by atoms with van der Waals surface area (Å²) in [5.74, 6) is 0.707. The quantitative estimate of drug-likeness (QED) is 0.909. The summed E-state index contributed by atoms with van der Waals surface area (Å²) < 4.78 is 5.93. The topological polar surface area (TPSA) is 67.4 Å². The van der Waals surface area contributed by atoms with Crippen LogP contribution in [0.15, 0.2) is 0 Å². The highest BCUT2D eigenvalue weighted by Crippen LogP contribution is 2.31. The molecule has 2 aliphatic heterocycles. The number of nitrogens with zero attached hydrogens (tertiary/aromatic N) is 3. The summed E-state index contributed by atoms with van der Waals surface area (Å²) in [6.07, 6.45) is 2.57. The van der Waals surface area contributed by atoms with Crippen LogP contribution in [-0.2, 0) is 4.74 Å². The summed E-state index contributed by atoms with van der Waals surface area (Å²) >= 11 is 1.45. The van der Waals surface area contributed by atoms with Crippen LogP contribution in [0.5, 0.6) is 0 Å². The molecular weight excluding hydrogens is 336 g/mol. The Bertz CT molecular complexity index is 819. The normalized spacial score (nSPS) is 23.8. The van der Waals surface area contributed by atoms with E-state index in [1.54, 1.807) is 0 Å². The van der Waals surface area contributed by atoms with E-state index >= 15 is 0 Å². The lowest BCUT2D eigenvalue weighted by molar-refractivity contribution is -0.0461. The Hall–Kier alpha value is -1.57. The van der Waals surface area contributed by atoms with E-state index in [9.17, 15) is 4.79 Å². The fourth-order valence-corrected chi connectivity index (χ4v) is 5.18. The Labute approximate surface area is 151 Å². The van der Waals surface area contributed by atoms with Crippen LogP contribution in [0.25, 0.3) is 10.2 Å². The number of aromatic nitrogens is 2. The number of carbonyl (C=O) groups excluding carboxylic acids is 1. The van der Waals surface area contributed by atoms with Gasteiger partial charge in [0.2, 0.25) is 0 Å². The predicted molar refractivity (Wildman–Crippen MR) is 98.3 cm³/mol. The number of hydrogen-bond donors (Lipinski definition) is 1. The first-order chi connectivity index (χ1) is 12.0. The van der Waals surface area contributed by atoms with E-state index in [2.05, 4.69) is 20.2 Å². The number of carbonyl (C=O) groups is 1. The van der Waals surface area contributed by atoms with E-state index in [0.717, 1.165) is 51.9 Å². The molecule has 2 aromatic rings. The Balaban J connectivity index is 1.45. The number of rotatable bonds is 3. The molecule has 0 saturated carbocycles. The average Bonchev–Trinajstić information content (AvgIpc) is 3.16. The highest BCUT2D eigenvalue weighted by atomic mass is 32.1. The van der Waals surface area contributed by atoms with Crippen molar-refractivity contribution in [1.29, 1.82) is 0 Å². The molecule has 7 heteroatoms. The van der Waals surface area contributed by atoms with E-state index in [4.69, 9.17) is 4.74 Å². The maximum absolute atomic E-state index is 12.7. The molecule has 0 bridgehead atoms. The molecule has 2 aliphatic rings. The van der Waals surface area contributed by atoms with Crippen molar-refractivity contribution >= 4 is 27.5 Å². The van der Waals surface area contributed by atoms with Crippen LogP contribution in [0.1, 0.15) is 39.6 Å². The number of morpholine rings is 1. The van der Waals surface area contributed by atoms with E-state index < -0.39 is 0 Å². The zero-order valence-corrected chi connectivity index (χ0v) is 15.8. The first-order valence-corrected chi connectivity index (χ1v) is 9.72. The first kappa shape index (κ1) is 16.9. The van der Waals surface area contributed by atoms with Crippen LogP contribution < -0.4 is 5.32 Å². The van der Waals surface area contributed by atoms with Crippen molar-refractivity contribution in [3.8, 4) is 0 Å². The lowest BCUT2D eigenvalue weighted by Gasteiger charge is -2.35. The molecule has 1 N–H and O–H groups in total. The van der Waals surface area contributed by atoms with Gasteiger partial charge in [-0.05, 0) is 45.7 Å². The third-order valence-corrected chi connectivity index (χ3v) is 6.43. The second kappa shape index (κ2) is 6.63. The minimum atomic E-state index is -0.0373. The molecule has 4 heterocycles. The van der Waals surface area contributed by atoms with Gasteiger partial charge in [-0.15, -0.1) is 11.3 Å². The zero-order chi connectivity index (χ0) is 17.6. The molecule has 6 nitrogen and oxygen atoms in total. The number of hydrogen-bond acceptors (Lipinski definition) is 6. The van der Waals surface area contributed by atoms with Crippen LogP contribution >= 0.6 is 11.3 Å². The fraction of sp³-hybridized carbons (Fsp3) is 0.611. The molecular formula is C18H24N4O2S. The van der Waals surface area contributed by atoms with Gasteiger partial charge >= 0.3 is 0 Å². The van der Waals surface area contributed by atoms with Crippen molar-refractivity contribution < 1.29 is 9.53 Å². The number of fused-ring (bicyclic) bond motifs is 2. The molecule has 0 unspecified atom stereocenters. The van der Waals surface area contributed by atoms with Crippen molar-refractivity contribution in [2.24, 2.45) is 0 Å². The van der Waals surface area contributed by atoms with Gasteiger partial charge in [0.15, 0.2) is 0 Å².